The highest BCUT2D eigenvalue weighted by Gasteiger charge is 2.23. The summed E-state index contributed by atoms with van der Waals surface area (Å²) in [6.45, 7) is 3.73. The van der Waals surface area contributed by atoms with E-state index < -0.39 is 10.3 Å². The lowest BCUT2D eigenvalue weighted by Gasteiger charge is -2.10. The second-order valence-corrected chi connectivity index (χ2v) is 17.1. The highest BCUT2D eigenvalue weighted by Crippen LogP contribution is 2.27. The van der Waals surface area contributed by atoms with Crippen molar-refractivity contribution in [3.8, 4) is 0 Å². The molecule has 124 valence electrons. The molecule has 0 heterocycles. The van der Waals surface area contributed by atoms with Gasteiger partial charge in [-0.1, -0.05) is 60.5 Å². The monoisotopic (exact) mass is 434 g/mol. The average molecular weight is 437 g/mol. The number of allylic oxidation sites excluding steroid dienone is 2. The van der Waals surface area contributed by atoms with Gasteiger partial charge >= 0.3 is 6.00 Å². The molecule has 0 aromatic heterocycles. The summed E-state index contributed by atoms with van der Waals surface area (Å²) < 4.78 is -0.445. The highest BCUT2D eigenvalue weighted by molar-refractivity contribution is 9.10. The Labute approximate surface area is 153 Å². The molecular weight excluding hydrogens is 411 g/mol. The van der Waals surface area contributed by atoms with Gasteiger partial charge in [-0.25, -0.2) is 0 Å². The second-order valence-electron chi connectivity index (χ2n) is 5.87. The van der Waals surface area contributed by atoms with Crippen LogP contribution < -0.4 is 0 Å². The Balaban J connectivity index is 3.38. The summed E-state index contributed by atoms with van der Waals surface area (Å²) >= 11 is 20.8. The van der Waals surface area contributed by atoms with E-state index in [1.807, 2.05) is 19.9 Å². The molecule has 0 saturated heterocycles. The van der Waals surface area contributed by atoms with Gasteiger partial charge in [-0.3, -0.25) is 4.79 Å². The van der Waals surface area contributed by atoms with Crippen LogP contribution in [0.2, 0.25) is 6.04 Å². The molecule has 0 amide bonds. The number of carbonyl (C=O) groups is 1. The van der Waals surface area contributed by atoms with Crippen molar-refractivity contribution in [3.05, 3.63) is 12.2 Å². The number of halogens is 4. The van der Waals surface area contributed by atoms with Gasteiger partial charge in [0.2, 0.25) is 0 Å². The Morgan fingerprint density at radius 3 is 1.95 bits per heavy atom. The number of unbranched alkanes of at least 4 members (excludes halogenated alkanes) is 7. The maximum atomic E-state index is 11.6. The minimum Gasteiger partial charge on any atom is -0.293 e. The van der Waals surface area contributed by atoms with E-state index in [9.17, 15) is 4.79 Å². The largest absolute Gasteiger partial charge is 0.341 e. The fourth-order valence-electron chi connectivity index (χ4n) is 1.86. The maximum Gasteiger partial charge on any atom is 0.341 e. The molecule has 0 N–H and O–H groups in total. The van der Waals surface area contributed by atoms with Crippen molar-refractivity contribution in [1.29, 1.82) is 0 Å². The number of hydrogen-bond acceptors (Lipinski definition) is 1. The molecule has 0 radical (unpaired) electrons. The zero-order valence-corrected chi connectivity index (χ0v) is 17.8. The van der Waals surface area contributed by atoms with Crippen LogP contribution in [-0.2, 0) is 4.79 Å². The number of hydrogen-bond donors (Lipinski definition) is 0. The van der Waals surface area contributed by atoms with Crippen LogP contribution in [0, 0.1) is 0 Å². The van der Waals surface area contributed by atoms with Crippen molar-refractivity contribution < 1.29 is 4.79 Å². The molecule has 1 nitrogen and oxygen atoms in total. The average Bonchev–Trinajstić information content (AvgIpc) is 2.33. The van der Waals surface area contributed by atoms with Crippen molar-refractivity contribution >= 4 is 61.0 Å². The SMILES string of the molecule is CC(C)(Br)C(=O)/C=C/CCCCCCCCC[Si](Cl)(Cl)Cl. The van der Waals surface area contributed by atoms with Crippen LogP contribution in [0.5, 0.6) is 0 Å². The van der Waals surface area contributed by atoms with E-state index in [1.165, 1.54) is 25.7 Å². The van der Waals surface area contributed by atoms with Crippen LogP contribution in [0.4, 0.5) is 0 Å². The van der Waals surface area contributed by atoms with Gasteiger partial charge in [-0.05, 0) is 38.8 Å². The molecule has 21 heavy (non-hydrogen) atoms. The van der Waals surface area contributed by atoms with Gasteiger partial charge in [-0.2, -0.15) is 0 Å². The lowest BCUT2D eigenvalue weighted by molar-refractivity contribution is -0.115. The molecule has 0 aromatic rings. The molecule has 0 aliphatic heterocycles. The van der Waals surface area contributed by atoms with Crippen molar-refractivity contribution in [1.82, 2.24) is 0 Å². The first-order valence-corrected chi connectivity index (χ1v) is 13.6. The van der Waals surface area contributed by atoms with E-state index >= 15 is 0 Å². The molecule has 0 atom stereocenters. The lowest BCUT2D eigenvalue weighted by Crippen LogP contribution is -2.21. The van der Waals surface area contributed by atoms with Gasteiger partial charge < -0.3 is 0 Å². The maximum absolute atomic E-state index is 11.6. The summed E-state index contributed by atoms with van der Waals surface area (Å²) in [5.74, 6) is 0.125. The molecule has 0 bridgehead atoms. The third-order valence-corrected chi connectivity index (χ3v) is 6.20. The van der Waals surface area contributed by atoms with Crippen LogP contribution in [0.1, 0.15) is 65.2 Å². The normalized spacial score (nSPS) is 13.0. The fraction of sp³-hybridized carbons (Fsp3) is 0.800. The van der Waals surface area contributed by atoms with E-state index in [0.29, 0.717) is 0 Å². The molecule has 6 heteroatoms. The minimum atomic E-state index is -2.39. The van der Waals surface area contributed by atoms with E-state index in [1.54, 1.807) is 6.08 Å². The molecule has 0 saturated carbocycles. The quantitative estimate of drug-likeness (QED) is 0.105. The minimum absolute atomic E-state index is 0.125. The van der Waals surface area contributed by atoms with Crippen LogP contribution in [0.15, 0.2) is 12.2 Å². The Bertz CT molecular complexity index is 322. The summed E-state index contributed by atoms with van der Waals surface area (Å²) in [6, 6.07) is -1.61. The van der Waals surface area contributed by atoms with E-state index in [0.717, 1.165) is 31.7 Å². The Morgan fingerprint density at radius 2 is 1.48 bits per heavy atom. The van der Waals surface area contributed by atoms with Crippen LogP contribution in [0.25, 0.3) is 0 Å². The topological polar surface area (TPSA) is 17.1 Å². The molecule has 0 fully saturated rings. The molecule has 0 aliphatic carbocycles. The van der Waals surface area contributed by atoms with Gasteiger partial charge in [0.15, 0.2) is 5.78 Å². The van der Waals surface area contributed by atoms with Crippen molar-refractivity contribution in [3.63, 3.8) is 0 Å². The predicted octanol–water partition coefficient (Wildman–Crippen LogP) is 7.06. The third kappa shape index (κ3) is 15.6. The molecule has 0 spiro atoms. The van der Waals surface area contributed by atoms with Crippen molar-refractivity contribution in [2.75, 3.05) is 0 Å². The Morgan fingerprint density at radius 1 is 1.00 bits per heavy atom. The van der Waals surface area contributed by atoms with Crippen molar-refractivity contribution in [2.24, 2.45) is 0 Å². The first-order chi connectivity index (χ1) is 9.63. The summed E-state index contributed by atoms with van der Waals surface area (Å²) in [5, 5.41) is 0. The summed E-state index contributed by atoms with van der Waals surface area (Å²) in [4.78, 5) is 11.6. The zero-order valence-electron chi connectivity index (χ0n) is 12.9. The number of rotatable bonds is 12. The smallest absolute Gasteiger partial charge is 0.293 e. The Hall–Kier alpha value is 0.977. The fourth-order valence-corrected chi connectivity index (χ4v) is 3.85. The summed E-state index contributed by atoms with van der Waals surface area (Å²) in [6.07, 6.45) is 12.9. The van der Waals surface area contributed by atoms with Crippen molar-refractivity contribution in [2.45, 2.75) is 75.6 Å². The molecule has 0 rings (SSSR count). The molecule has 0 unspecified atom stereocenters. The first-order valence-electron chi connectivity index (χ1n) is 7.59. The Kier molecular flexibility index (Phi) is 12.0. The van der Waals surface area contributed by atoms with Gasteiger partial charge in [0.1, 0.15) is 0 Å². The number of carbonyl (C=O) groups excluding carboxylic acids is 1. The number of alkyl halides is 1. The number of ketones is 1. The van der Waals surface area contributed by atoms with Gasteiger partial charge in [0.25, 0.3) is 0 Å². The highest BCUT2D eigenvalue weighted by atomic mass is 79.9. The lowest BCUT2D eigenvalue weighted by atomic mass is 10.1. The van der Waals surface area contributed by atoms with Gasteiger partial charge in [0.05, 0.1) is 4.32 Å². The van der Waals surface area contributed by atoms with E-state index in [-0.39, 0.29) is 5.78 Å². The van der Waals surface area contributed by atoms with Crippen LogP contribution in [0.3, 0.4) is 0 Å². The first kappa shape index (κ1) is 22.0. The van der Waals surface area contributed by atoms with Crippen LogP contribution in [-0.4, -0.2) is 16.1 Å². The van der Waals surface area contributed by atoms with Gasteiger partial charge in [0, 0.05) is 0 Å². The molecule has 0 aliphatic rings. The molecular formula is C15H26BrCl3OSi. The third-order valence-electron chi connectivity index (χ3n) is 3.19. The second kappa shape index (κ2) is 11.5. The summed E-state index contributed by atoms with van der Waals surface area (Å²) in [5.41, 5.74) is 0. The van der Waals surface area contributed by atoms with Crippen LogP contribution >= 0.6 is 49.2 Å². The standard InChI is InChI=1S/C15H26BrCl3OSi/c1-15(2,16)14(20)12-10-8-6-4-3-5-7-9-11-13-21(17,18)19/h10,12H,3-9,11,13H2,1-2H3/b12-10+. The summed E-state index contributed by atoms with van der Waals surface area (Å²) in [7, 11) is 0. The van der Waals surface area contributed by atoms with E-state index in [2.05, 4.69) is 15.9 Å². The van der Waals surface area contributed by atoms with E-state index in [4.69, 9.17) is 33.2 Å². The zero-order chi connectivity index (χ0) is 16.4. The molecule has 0 aromatic carbocycles. The predicted molar refractivity (Wildman–Crippen MR) is 102 cm³/mol. The van der Waals surface area contributed by atoms with Gasteiger partial charge in [-0.15, -0.1) is 33.2 Å².